The fourth-order valence-corrected chi connectivity index (χ4v) is 14.1. The third kappa shape index (κ3) is 13.0. The number of hydrogen-bond acceptors (Lipinski definition) is 11. The number of nitrogen functional groups attached to an aromatic ring is 1. The van der Waals surface area contributed by atoms with Crippen LogP contribution in [0.2, 0.25) is 0 Å². The Kier molecular flexibility index (Phi) is 18.2. The largest absolute Gasteiger partial charge is 0.481 e. The number of nitrogens with one attached hydrogen (secondary N) is 3. The summed E-state index contributed by atoms with van der Waals surface area (Å²) in [5.41, 5.74) is 22.9. The van der Waals surface area contributed by atoms with Gasteiger partial charge in [-0.15, -0.1) is 0 Å². The first-order valence-corrected chi connectivity index (χ1v) is 27.8. The second kappa shape index (κ2) is 24.1. The van der Waals surface area contributed by atoms with Crippen LogP contribution in [0.4, 0.5) is 21.0 Å². The van der Waals surface area contributed by atoms with Crippen LogP contribution in [0, 0.1) is 34.5 Å². The van der Waals surface area contributed by atoms with E-state index in [1.807, 2.05) is 32.0 Å². The molecule has 3 aromatic rings. The summed E-state index contributed by atoms with van der Waals surface area (Å²) in [7, 11) is 0. The average Bonchev–Trinajstić information content (AvgIpc) is 3.47. The number of urea groups is 1. The number of carboxylic acid groups (broad SMARTS) is 1. The molecule has 0 bridgehead atoms. The van der Waals surface area contributed by atoms with E-state index in [1.165, 1.54) is 11.1 Å². The number of amides is 4. The Labute approximate surface area is 453 Å². The van der Waals surface area contributed by atoms with Crippen molar-refractivity contribution in [3.63, 3.8) is 0 Å². The van der Waals surface area contributed by atoms with Gasteiger partial charge < -0.3 is 43.0 Å². The summed E-state index contributed by atoms with van der Waals surface area (Å²) in [5.74, 6) is -2.80. The summed E-state index contributed by atoms with van der Waals surface area (Å²) in [6.45, 7) is 12.4. The standard InChI is InChI=1S/C61H82N6O10/c1-36(2)54(63)48(69)32-41(10-7-29-65-56(64)75)55(74)66-43-19-12-37(13-20-43)35-77-57(76)67-46(21-24-53(72)73)47(68)31-38-11-14-39-16-22-49-58(3,44(39)30-38)25-8-27-60(49,5)51(70)34-52(71)61(6)28-9-26-59(4)45-33-42(62)18-15-40(45)17-23-50(59)61/h11-15,18-20,30,33,36,41,46,49-50,54H,7-10,16-17,21-29,31-32,34-35,62-63H2,1-6H3,(H,66,74)(H,67,76)(H,72,73)(H3,64,65,75)/t41-,46+,49-,50-,54+,58-,59-,60+,61+/m1/s1. The summed E-state index contributed by atoms with van der Waals surface area (Å²) >= 11 is 0. The number of alkyl carbamates (subject to hydrolysis) is 1. The molecule has 7 rings (SSSR count). The van der Waals surface area contributed by atoms with Crippen LogP contribution >= 0.6 is 0 Å². The van der Waals surface area contributed by atoms with Crippen molar-refractivity contribution in [2.24, 2.45) is 46.0 Å². The molecule has 16 nitrogen and oxygen atoms in total. The molecule has 4 aliphatic carbocycles. The van der Waals surface area contributed by atoms with Crippen LogP contribution in [-0.4, -0.2) is 70.9 Å². The van der Waals surface area contributed by atoms with Crippen LogP contribution in [-0.2, 0) is 70.2 Å². The van der Waals surface area contributed by atoms with Crippen LogP contribution < -0.4 is 33.2 Å². The van der Waals surface area contributed by atoms with Gasteiger partial charge in [-0.1, -0.05) is 90.8 Å². The molecular formula is C61H82N6O10. The van der Waals surface area contributed by atoms with Crippen molar-refractivity contribution in [3.8, 4) is 0 Å². The third-order valence-corrected chi connectivity index (χ3v) is 18.6. The van der Waals surface area contributed by atoms with E-state index in [-0.39, 0.29) is 91.6 Å². The molecule has 16 heteroatoms. The maximum Gasteiger partial charge on any atom is 0.408 e. The zero-order chi connectivity index (χ0) is 56.0. The first-order valence-electron chi connectivity index (χ1n) is 27.8. The molecule has 0 aromatic heterocycles. The molecule has 4 aliphatic rings. The molecule has 10 N–H and O–H groups in total. The number of hydrogen-bond donors (Lipinski definition) is 7. The normalized spacial score (nSPS) is 25.5. The number of anilines is 2. The first kappa shape index (κ1) is 58.3. The molecule has 3 aromatic carbocycles. The van der Waals surface area contributed by atoms with E-state index >= 15 is 0 Å². The topological polar surface area (TPSA) is 280 Å². The highest BCUT2D eigenvalue weighted by Gasteiger charge is 2.58. The van der Waals surface area contributed by atoms with E-state index in [4.69, 9.17) is 21.9 Å². The quantitative estimate of drug-likeness (QED) is 0.0267. The maximum atomic E-state index is 14.9. The van der Waals surface area contributed by atoms with Gasteiger partial charge in [0.2, 0.25) is 5.91 Å². The number of benzene rings is 3. The summed E-state index contributed by atoms with van der Waals surface area (Å²) in [6, 6.07) is 16.2. The number of carboxylic acids is 1. The number of nitrogens with two attached hydrogens (primary N) is 3. The van der Waals surface area contributed by atoms with Crippen molar-refractivity contribution in [1.29, 1.82) is 0 Å². The fourth-order valence-electron chi connectivity index (χ4n) is 14.1. The summed E-state index contributed by atoms with van der Waals surface area (Å²) in [6.07, 6.45) is 7.41. The number of aryl methyl sites for hydroxylation is 2. The minimum Gasteiger partial charge on any atom is -0.481 e. The molecule has 2 fully saturated rings. The van der Waals surface area contributed by atoms with Crippen molar-refractivity contribution in [1.82, 2.24) is 10.6 Å². The Morgan fingerprint density at radius 1 is 0.740 bits per heavy atom. The van der Waals surface area contributed by atoms with Gasteiger partial charge in [0.1, 0.15) is 18.2 Å². The van der Waals surface area contributed by atoms with Crippen LogP contribution in [0.25, 0.3) is 0 Å². The zero-order valence-electron chi connectivity index (χ0n) is 46.0. The smallest absolute Gasteiger partial charge is 0.408 e. The summed E-state index contributed by atoms with van der Waals surface area (Å²) in [5, 5.41) is 17.5. The molecule has 4 amide bonds. The molecule has 0 radical (unpaired) electrons. The van der Waals surface area contributed by atoms with Crippen molar-refractivity contribution >= 4 is 58.5 Å². The molecule has 0 aliphatic heterocycles. The number of carbonyl (C=O) groups excluding carboxylic acids is 7. The van der Waals surface area contributed by atoms with E-state index < -0.39 is 58.2 Å². The number of Topliss-reactive ketones (excluding diaryl/α,β-unsaturated/α-hetero) is 4. The predicted molar refractivity (Wildman–Crippen MR) is 295 cm³/mol. The van der Waals surface area contributed by atoms with E-state index in [2.05, 4.69) is 61.8 Å². The number of ether oxygens (including phenoxy) is 1. The highest BCUT2D eigenvalue weighted by atomic mass is 16.5. The lowest BCUT2D eigenvalue weighted by Gasteiger charge is -2.56. The lowest BCUT2D eigenvalue weighted by molar-refractivity contribution is -0.146. The molecule has 2 saturated carbocycles. The molecular weight excluding hydrogens is 977 g/mol. The van der Waals surface area contributed by atoms with Crippen LogP contribution in [0.1, 0.15) is 165 Å². The number of rotatable bonds is 23. The Hall–Kier alpha value is -6.42. The zero-order valence-corrected chi connectivity index (χ0v) is 46.0. The average molecular weight is 1060 g/mol. The Morgan fingerprint density at radius 3 is 1.88 bits per heavy atom. The van der Waals surface area contributed by atoms with Crippen molar-refractivity contribution in [2.75, 3.05) is 17.6 Å². The molecule has 0 saturated heterocycles. The maximum absolute atomic E-state index is 14.9. The number of ketones is 4. The Balaban J connectivity index is 0.973. The molecule has 9 atom stereocenters. The lowest BCUT2D eigenvalue weighted by atomic mass is 9.47. The van der Waals surface area contributed by atoms with E-state index in [0.29, 0.717) is 36.1 Å². The number of fused-ring (bicyclic) bond motifs is 6. The third-order valence-electron chi connectivity index (χ3n) is 18.6. The number of aliphatic carboxylic acids is 1. The predicted octanol–water partition coefficient (Wildman–Crippen LogP) is 8.74. The van der Waals surface area contributed by atoms with Crippen LogP contribution in [0.15, 0.2) is 60.7 Å². The van der Waals surface area contributed by atoms with Gasteiger partial charge in [0.05, 0.1) is 18.5 Å². The molecule has 0 spiro atoms. The summed E-state index contributed by atoms with van der Waals surface area (Å²) in [4.78, 5) is 106. The highest BCUT2D eigenvalue weighted by Crippen LogP contribution is 2.60. The van der Waals surface area contributed by atoms with Gasteiger partial charge in [0.25, 0.3) is 0 Å². The SMILES string of the molecule is CC(C)[C@H](N)C(=O)C[C@@H](CCCNC(N)=O)C(=O)Nc1ccc(COC(=O)N[C@@H](CCC(=O)O)C(=O)Cc2ccc3c(c2)[C@@]2(C)CCC[C@](C)(C(=O)CC(=O)[C@@]4(C)CCC[C@]5(C)c6cc(N)ccc6CC[C@@H]45)[C@@H]2CC3)cc1. The Bertz CT molecular complexity index is 2740. The van der Waals surface area contributed by atoms with E-state index in [1.54, 1.807) is 24.3 Å². The second-order valence-electron chi connectivity index (χ2n) is 24.1. The van der Waals surface area contributed by atoms with Crippen molar-refractivity contribution in [3.05, 3.63) is 94.0 Å². The molecule has 416 valence electrons. The van der Waals surface area contributed by atoms with Gasteiger partial charge in [-0.2, -0.15) is 0 Å². The van der Waals surface area contributed by atoms with Gasteiger partial charge in [-0.05, 0) is 157 Å². The Morgan fingerprint density at radius 2 is 1.31 bits per heavy atom. The van der Waals surface area contributed by atoms with Gasteiger partial charge in [-0.25, -0.2) is 9.59 Å². The molecule has 0 unspecified atom stereocenters. The van der Waals surface area contributed by atoms with Crippen LogP contribution in [0.5, 0.6) is 0 Å². The van der Waals surface area contributed by atoms with E-state index in [0.717, 1.165) is 74.6 Å². The molecule has 0 heterocycles. The monoisotopic (exact) mass is 1060 g/mol. The van der Waals surface area contributed by atoms with Crippen molar-refractivity contribution < 1.29 is 48.2 Å². The second-order valence-corrected chi connectivity index (χ2v) is 24.1. The summed E-state index contributed by atoms with van der Waals surface area (Å²) < 4.78 is 5.50. The molecule has 77 heavy (non-hydrogen) atoms. The number of primary amides is 1. The van der Waals surface area contributed by atoms with Gasteiger partial charge in [0, 0.05) is 53.9 Å². The minimum absolute atomic E-state index is 0.0229. The number of carbonyl (C=O) groups is 8. The van der Waals surface area contributed by atoms with E-state index in [9.17, 15) is 43.5 Å². The highest BCUT2D eigenvalue weighted by molar-refractivity contribution is 6.04. The first-order chi connectivity index (χ1) is 36.4. The fraction of sp³-hybridized carbons (Fsp3) is 0.574. The van der Waals surface area contributed by atoms with Crippen molar-refractivity contribution in [2.45, 2.75) is 180 Å². The van der Waals surface area contributed by atoms with Gasteiger partial charge >= 0.3 is 18.1 Å². The lowest BCUT2D eigenvalue weighted by Crippen LogP contribution is -2.55. The minimum atomic E-state index is -1.16. The van der Waals surface area contributed by atoms with Gasteiger partial charge in [0.15, 0.2) is 11.6 Å². The van der Waals surface area contributed by atoms with Crippen LogP contribution in [0.3, 0.4) is 0 Å². The van der Waals surface area contributed by atoms with Gasteiger partial charge in [-0.3, -0.25) is 28.8 Å².